The molecule has 4 nitrogen and oxygen atoms in total. The van der Waals surface area contributed by atoms with Crippen molar-refractivity contribution in [3.05, 3.63) is 24.8 Å². The van der Waals surface area contributed by atoms with Crippen molar-refractivity contribution in [3.8, 4) is 0 Å². The van der Waals surface area contributed by atoms with Gasteiger partial charge in [0.15, 0.2) is 0 Å². The summed E-state index contributed by atoms with van der Waals surface area (Å²) in [5.41, 5.74) is 7.10. The van der Waals surface area contributed by atoms with Gasteiger partial charge in [0.05, 0.1) is 6.33 Å². The summed E-state index contributed by atoms with van der Waals surface area (Å²) in [5, 5.41) is 0. The van der Waals surface area contributed by atoms with Crippen LogP contribution in [-0.2, 0) is 0 Å². The maximum atomic E-state index is 5.82. The Hall–Kier alpha value is -1.13. The third kappa shape index (κ3) is 2.17. The number of nitrogens with zero attached hydrogens (tertiary/aromatic N) is 2. The van der Waals surface area contributed by atoms with Crippen LogP contribution in [-0.4, -0.2) is 15.6 Å². The molecule has 1 aliphatic rings. The number of rotatable bonds is 1. The van der Waals surface area contributed by atoms with E-state index in [0.717, 1.165) is 12.8 Å². The van der Waals surface area contributed by atoms with E-state index in [9.17, 15) is 0 Å². The molecule has 2 rings (SSSR count). The highest BCUT2D eigenvalue weighted by Gasteiger charge is 2.10. The van der Waals surface area contributed by atoms with Crippen molar-refractivity contribution >= 4 is 5.70 Å². The molecule has 4 heteroatoms. The molecule has 0 saturated carbocycles. The summed E-state index contributed by atoms with van der Waals surface area (Å²) in [5.74, 6) is 0. The van der Waals surface area contributed by atoms with E-state index < -0.39 is 0 Å². The number of imidazole rings is 1. The van der Waals surface area contributed by atoms with Gasteiger partial charge in [-0.05, 0) is 25.3 Å². The van der Waals surface area contributed by atoms with E-state index in [1.54, 1.807) is 6.20 Å². The fraction of sp³-hybridized carbons (Fsp3) is 0.444. The average molecular weight is 180 g/mol. The Kier molecular flexibility index (Phi) is 3.22. The van der Waals surface area contributed by atoms with Crippen LogP contribution in [0.25, 0.3) is 5.70 Å². The molecule has 0 amide bonds. The first-order valence-corrected chi connectivity index (χ1v) is 4.31. The van der Waals surface area contributed by atoms with E-state index in [-0.39, 0.29) is 12.2 Å². The Morgan fingerprint density at radius 3 is 3.00 bits per heavy atom. The summed E-state index contributed by atoms with van der Waals surface area (Å²) in [6.07, 6.45) is 11.1. The molecule has 1 aromatic rings. The molecule has 0 fully saturated rings. The lowest BCUT2D eigenvalue weighted by molar-refractivity contribution is 0.639. The van der Waals surface area contributed by atoms with Crippen LogP contribution in [0.4, 0.5) is 0 Å². The molecule has 1 atom stereocenters. The quantitative estimate of drug-likeness (QED) is 0.685. The van der Waals surface area contributed by atoms with E-state index in [1.807, 2.05) is 17.1 Å². The first-order valence-electron chi connectivity index (χ1n) is 4.31. The molecule has 0 spiro atoms. The zero-order valence-corrected chi connectivity index (χ0v) is 7.69. The van der Waals surface area contributed by atoms with Gasteiger partial charge in [-0.1, -0.05) is 0 Å². The van der Waals surface area contributed by atoms with Crippen LogP contribution >= 0.6 is 0 Å². The highest BCUT2D eigenvalue weighted by Crippen LogP contribution is 2.20. The molecule has 72 valence electrons. The molecule has 1 aromatic heterocycles. The van der Waals surface area contributed by atoms with Gasteiger partial charge in [0.25, 0.3) is 0 Å². The Bertz CT molecular complexity index is 276. The summed E-state index contributed by atoms with van der Waals surface area (Å²) in [4.78, 5) is 4.00. The largest absolute Gasteiger partial charge is 0.344 e. The van der Waals surface area contributed by atoms with Gasteiger partial charge in [-0.3, -0.25) is 0 Å². The van der Waals surface area contributed by atoms with Crippen LogP contribution in [0.2, 0.25) is 0 Å². The maximum Gasteiger partial charge on any atom is 0.0989 e. The van der Waals surface area contributed by atoms with Gasteiger partial charge in [0.2, 0.25) is 0 Å². The number of aromatic nitrogens is 2. The van der Waals surface area contributed by atoms with Crippen molar-refractivity contribution in [1.82, 2.24) is 15.7 Å². The third-order valence-corrected chi connectivity index (χ3v) is 2.21. The van der Waals surface area contributed by atoms with Crippen LogP contribution in [0.5, 0.6) is 0 Å². The molecule has 0 radical (unpaired) electrons. The van der Waals surface area contributed by atoms with Crippen molar-refractivity contribution < 1.29 is 0 Å². The van der Waals surface area contributed by atoms with Crippen LogP contribution in [0.15, 0.2) is 24.8 Å². The molecule has 13 heavy (non-hydrogen) atoms. The molecule has 1 aliphatic carbocycles. The zero-order chi connectivity index (χ0) is 8.39. The average Bonchev–Trinajstić information content (AvgIpc) is 2.56. The van der Waals surface area contributed by atoms with E-state index >= 15 is 0 Å². The topological polar surface area (TPSA) is 78.8 Å². The molecular formula is C9H16N4. The van der Waals surface area contributed by atoms with Crippen molar-refractivity contribution in [3.63, 3.8) is 0 Å². The lowest BCUT2D eigenvalue weighted by Crippen LogP contribution is -2.21. The predicted molar refractivity (Wildman–Crippen MR) is 53.3 cm³/mol. The van der Waals surface area contributed by atoms with E-state index in [2.05, 4.69) is 11.1 Å². The number of allylic oxidation sites excluding steroid dienone is 1. The molecule has 1 heterocycles. The van der Waals surface area contributed by atoms with E-state index in [0.29, 0.717) is 0 Å². The van der Waals surface area contributed by atoms with Gasteiger partial charge in [0, 0.05) is 24.1 Å². The number of hydrogen-bond acceptors (Lipinski definition) is 3. The van der Waals surface area contributed by atoms with Crippen LogP contribution in [0.3, 0.4) is 0 Å². The minimum atomic E-state index is 0. The van der Waals surface area contributed by atoms with Crippen molar-refractivity contribution in [2.75, 3.05) is 0 Å². The van der Waals surface area contributed by atoms with Gasteiger partial charge in [-0.25, -0.2) is 4.98 Å². The summed E-state index contributed by atoms with van der Waals surface area (Å²) in [7, 11) is 0. The predicted octanol–water partition coefficient (Wildman–Crippen LogP) is 1.40. The van der Waals surface area contributed by atoms with Crippen LogP contribution in [0, 0.1) is 0 Å². The van der Waals surface area contributed by atoms with Crippen molar-refractivity contribution in [1.29, 1.82) is 0 Å². The SMILES string of the molecule is N.NC1C=C(n2ccnc2)CCC1. The van der Waals surface area contributed by atoms with Gasteiger partial charge in [-0.15, -0.1) is 0 Å². The molecule has 0 aromatic carbocycles. The van der Waals surface area contributed by atoms with Crippen LogP contribution in [0.1, 0.15) is 19.3 Å². The minimum Gasteiger partial charge on any atom is -0.344 e. The monoisotopic (exact) mass is 180 g/mol. The molecular weight excluding hydrogens is 164 g/mol. The minimum absolute atomic E-state index is 0. The maximum absolute atomic E-state index is 5.82. The van der Waals surface area contributed by atoms with Crippen molar-refractivity contribution in [2.24, 2.45) is 5.73 Å². The lowest BCUT2D eigenvalue weighted by Gasteiger charge is -2.17. The van der Waals surface area contributed by atoms with Crippen LogP contribution < -0.4 is 11.9 Å². The standard InChI is InChI=1S/C9H13N3.H3N/c10-8-2-1-3-9(6-8)12-5-4-11-7-12;/h4-8H,1-3,10H2;1H3. The fourth-order valence-electron chi connectivity index (χ4n) is 1.58. The van der Waals surface area contributed by atoms with E-state index in [4.69, 9.17) is 5.73 Å². The normalized spacial score (nSPS) is 21.9. The first kappa shape index (κ1) is 9.95. The Morgan fingerprint density at radius 2 is 2.38 bits per heavy atom. The summed E-state index contributed by atoms with van der Waals surface area (Å²) >= 11 is 0. The second-order valence-electron chi connectivity index (χ2n) is 3.18. The summed E-state index contributed by atoms with van der Waals surface area (Å²) in [6, 6.07) is 0.233. The molecule has 0 aliphatic heterocycles. The second kappa shape index (κ2) is 4.20. The highest BCUT2D eigenvalue weighted by atomic mass is 15.0. The summed E-state index contributed by atoms with van der Waals surface area (Å²) < 4.78 is 2.04. The smallest absolute Gasteiger partial charge is 0.0989 e. The Morgan fingerprint density at radius 1 is 1.54 bits per heavy atom. The lowest BCUT2D eigenvalue weighted by atomic mass is 10.0. The fourth-order valence-corrected chi connectivity index (χ4v) is 1.58. The van der Waals surface area contributed by atoms with Crippen molar-refractivity contribution in [2.45, 2.75) is 25.3 Å². The van der Waals surface area contributed by atoms with Gasteiger partial charge in [-0.2, -0.15) is 0 Å². The summed E-state index contributed by atoms with van der Waals surface area (Å²) in [6.45, 7) is 0. The van der Waals surface area contributed by atoms with Gasteiger partial charge in [0.1, 0.15) is 0 Å². The van der Waals surface area contributed by atoms with E-state index in [1.165, 1.54) is 12.1 Å². The Balaban J connectivity index is 0.000000845. The molecule has 0 bridgehead atoms. The molecule has 5 N–H and O–H groups in total. The zero-order valence-electron chi connectivity index (χ0n) is 7.69. The second-order valence-corrected chi connectivity index (χ2v) is 3.18. The highest BCUT2D eigenvalue weighted by molar-refractivity contribution is 5.47. The third-order valence-electron chi connectivity index (χ3n) is 2.21. The number of hydrogen-bond donors (Lipinski definition) is 2. The molecule has 0 saturated heterocycles. The molecule has 1 unspecified atom stereocenters. The number of nitrogens with two attached hydrogens (primary N) is 1. The van der Waals surface area contributed by atoms with Gasteiger partial charge >= 0.3 is 0 Å². The van der Waals surface area contributed by atoms with Gasteiger partial charge < -0.3 is 16.5 Å². The Labute approximate surface area is 78.0 Å². The first-order chi connectivity index (χ1) is 5.86.